The molecule has 1 saturated heterocycles. The molecule has 0 unspecified atom stereocenters. The van der Waals surface area contributed by atoms with Crippen LogP contribution in [0.2, 0.25) is 0 Å². The fraction of sp³-hybridized carbons (Fsp3) is 0.538. The van der Waals surface area contributed by atoms with Crippen molar-refractivity contribution in [3.05, 3.63) is 29.6 Å². The third-order valence-corrected chi connectivity index (χ3v) is 2.78. The maximum atomic E-state index is 13.5. The number of hydrogen-bond donors (Lipinski definition) is 0. The summed E-state index contributed by atoms with van der Waals surface area (Å²) in [7, 11) is 0. The van der Waals surface area contributed by atoms with E-state index in [1.165, 1.54) is 6.07 Å². The third kappa shape index (κ3) is 2.53. The molecular weight excluding hydrogens is 207 g/mol. The van der Waals surface area contributed by atoms with E-state index in [0.29, 0.717) is 12.2 Å². The normalized spacial score (nSPS) is 20.4. The van der Waals surface area contributed by atoms with Gasteiger partial charge in [-0.25, -0.2) is 4.39 Å². The summed E-state index contributed by atoms with van der Waals surface area (Å²) in [6.45, 7) is 5.33. The van der Waals surface area contributed by atoms with Gasteiger partial charge in [-0.3, -0.25) is 0 Å². The van der Waals surface area contributed by atoms with Crippen LogP contribution in [0.4, 0.5) is 4.39 Å². The lowest BCUT2D eigenvalue weighted by Gasteiger charge is -2.14. The monoisotopic (exact) mass is 224 g/mol. The van der Waals surface area contributed by atoms with Crippen LogP contribution < -0.4 is 4.74 Å². The molecule has 1 atom stereocenters. The largest absolute Gasteiger partial charge is 0.488 e. The van der Waals surface area contributed by atoms with Crippen LogP contribution in [0, 0.1) is 5.82 Å². The Balaban J connectivity index is 2.12. The molecule has 88 valence electrons. The highest BCUT2D eigenvalue weighted by molar-refractivity contribution is 5.31. The lowest BCUT2D eigenvalue weighted by molar-refractivity contribution is 0.141. The average Bonchev–Trinajstić information content (AvgIpc) is 2.73. The summed E-state index contributed by atoms with van der Waals surface area (Å²) in [5, 5.41) is 0. The first kappa shape index (κ1) is 11.4. The first-order valence-electron chi connectivity index (χ1n) is 5.70. The SMILES string of the molecule is CC(C)c1cc(O[C@@H]2CCOC2)ccc1F. The Morgan fingerprint density at radius 3 is 2.88 bits per heavy atom. The molecule has 0 bridgehead atoms. The second-order valence-electron chi connectivity index (χ2n) is 4.44. The van der Waals surface area contributed by atoms with E-state index < -0.39 is 0 Å². The van der Waals surface area contributed by atoms with Gasteiger partial charge in [0.1, 0.15) is 17.7 Å². The summed E-state index contributed by atoms with van der Waals surface area (Å²) in [6.07, 6.45) is 1.03. The van der Waals surface area contributed by atoms with E-state index in [1.54, 1.807) is 12.1 Å². The van der Waals surface area contributed by atoms with Crippen molar-refractivity contribution in [3.8, 4) is 5.75 Å². The van der Waals surface area contributed by atoms with Gasteiger partial charge in [0, 0.05) is 6.42 Å². The van der Waals surface area contributed by atoms with Gasteiger partial charge in [0.25, 0.3) is 0 Å². The molecular formula is C13H17FO2. The molecule has 1 aromatic carbocycles. The Labute approximate surface area is 95.4 Å². The zero-order valence-corrected chi connectivity index (χ0v) is 9.70. The van der Waals surface area contributed by atoms with Crippen molar-refractivity contribution in [3.63, 3.8) is 0 Å². The maximum Gasteiger partial charge on any atom is 0.126 e. The van der Waals surface area contributed by atoms with Gasteiger partial charge in [0.05, 0.1) is 13.2 Å². The summed E-state index contributed by atoms with van der Waals surface area (Å²) in [6, 6.07) is 4.94. The van der Waals surface area contributed by atoms with E-state index in [2.05, 4.69) is 0 Å². The predicted molar refractivity (Wildman–Crippen MR) is 60.3 cm³/mol. The Bertz CT molecular complexity index is 357. The van der Waals surface area contributed by atoms with Gasteiger partial charge in [-0.1, -0.05) is 13.8 Å². The molecule has 16 heavy (non-hydrogen) atoms. The second-order valence-corrected chi connectivity index (χ2v) is 4.44. The minimum Gasteiger partial charge on any atom is -0.488 e. The highest BCUT2D eigenvalue weighted by Gasteiger charge is 2.18. The Morgan fingerprint density at radius 2 is 2.25 bits per heavy atom. The summed E-state index contributed by atoms with van der Waals surface area (Å²) in [5.74, 6) is 0.744. The van der Waals surface area contributed by atoms with Crippen LogP contribution in [0.15, 0.2) is 18.2 Å². The molecule has 0 spiro atoms. The minimum atomic E-state index is -0.162. The number of ether oxygens (including phenoxy) is 2. The topological polar surface area (TPSA) is 18.5 Å². The predicted octanol–water partition coefficient (Wildman–Crippen LogP) is 3.12. The molecule has 2 nitrogen and oxygen atoms in total. The highest BCUT2D eigenvalue weighted by Crippen LogP contribution is 2.25. The Morgan fingerprint density at radius 1 is 1.44 bits per heavy atom. The van der Waals surface area contributed by atoms with Crippen LogP contribution in [0.5, 0.6) is 5.75 Å². The molecule has 2 rings (SSSR count). The molecule has 1 heterocycles. The molecule has 3 heteroatoms. The van der Waals surface area contributed by atoms with Gasteiger partial charge in [-0.2, -0.15) is 0 Å². The zero-order chi connectivity index (χ0) is 11.5. The molecule has 0 saturated carbocycles. The van der Waals surface area contributed by atoms with Crippen LogP contribution in [-0.2, 0) is 4.74 Å². The van der Waals surface area contributed by atoms with Crippen LogP contribution in [-0.4, -0.2) is 19.3 Å². The van der Waals surface area contributed by atoms with Crippen LogP contribution >= 0.6 is 0 Å². The van der Waals surface area contributed by atoms with Crippen LogP contribution in [0.3, 0.4) is 0 Å². The molecule has 0 aliphatic carbocycles. The third-order valence-electron chi connectivity index (χ3n) is 2.78. The lowest BCUT2D eigenvalue weighted by Crippen LogP contribution is -2.15. The summed E-state index contributed by atoms with van der Waals surface area (Å²) in [5.41, 5.74) is 0.705. The number of hydrogen-bond acceptors (Lipinski definition) is 2. The van der Waals surface area contributed by atoms with E-state index in [1.807, 2.05) is 13.8 Å². The first-order chi connectivity index (χ1) is 7.66. The van der Waals surface area contributed by atoms with Gasteiger partial charge in [0.15, 0.2) is 0 Å². The number of rotatable bonds is 3. The minimum absolute atomic E-state index is 0.116. The van der Waals surface area contributed by atoms with Gasteiger partial charge in [-0.05, 0) is 29.7 Å². The van der Waals surface area contributed by atoms with Crippen LogP contribution in [0.1, 0.15) is 31.7 Å². The molecule has 0 aromatic heterocycles. The van der Waals surface area contributed by atoms with Crippen molar-refractivity contribution in [1.29, 1.82) is 0 Å². The molecule has 0 N–H and O–H groups in total. The van der Waals surface area contributed by atoms with E-state index in [-0.39, 0.29) is 17.8 Å². The van der Waals surface area contributed by atoms with E-state index in [9.17, 15) is 4.39 Å². The van der Waals surface area contributed by atoms with E-state index in [0.717, 1.165) is 18.8 Å². The van der Waals surface area contributed by atoms with Crippen molar-refractivity contribution >= 4 is 0 Å². The molecule has 1 aliphatic heterocycles. The molecule has 1 aliphatic rings. The number of benzene rings is 1. The Kier molecular flexibility index (Phi) is 3.44. The molecule has 0 amide bonds. The smallest absolute Gasteiger partial charge is 0.126 e. The Hall–Kier alpha value is -1.09. The zero-order valence-electron chi connectivity index (χ0n) is 9.70. The number of halogens is 1. The highest BCUT2D eigenvalue weighted by atomic mass is 19.1. The summed E-state index contributed by atoms with van der Waals surface area (Å²) >= 11 is 0. The maximum absolute atomic E-state index is 13.5. The van der Waals surface area contributed by atoms with Gasteiger partial charge in [0.2, 0.25) is 0 Å². The average molecular weight is 224 g/mol. The van der Waals surface area contributed by atoms with Crippen molar-refractivity contribution in [2.75, 3.05) is 13.2 Å². The fourth-order valence-electron chi connectivity index (χ4n) is 1.84. The standard InChI is InChI=1S/C13H17FO2/c1-9(2)12-7-10(3-4-13(12)14)16-11-5-6-15-8-11/h3-4,7,9,11H,5-6,8H2,1-2H3/t11-/m1/s1. The summed E-state index contributed by atoms with van der Waals surface area (Å²) in [4.78, 5) is 0. The van der Waals surface area contributed by atoms with E-state index >= 15 is 0 Å². The fourth-order valence-corrected chi connectivity index (χ4v) is 1.84. The van der Waals surface area contributed by atoms with Gasteiger partial charge < -0.3 is 9.47 Å². The quantitative estimate of drug-likeness (QED) is 0.785. The summed E-state index contributed by atoms with van der Waals surface area (Å²) < 4.78 is 24.4. The van der Waals surface area contributed by atoms with Crippen LogP contribution in [0.25, 0.3) is 0 Å². The van der Waals surface area contributed by atoms with Gasteiger partial charge in [-0.15, -0.1) is 0 Å². The molecule has 0 radical (unpaired) electrons. The molecule has 1 fully saturated rings. The first-order valence-corrected chi connectivity index (χ1v) is 5.70. The second kappa shape index (κ2) is 4.83. The van der Waals surface area contributed by atoms with Crippen molar-refractivity contribution in [2.45, 2.75) is 32.3 Å². The van der Waals surface area contributed by atoms with Crippen molar-refractivity contribution < 1.29 is 13.9 Å². The molecule has 1 aromatic rings. The lowest BCUT2D eigenvalue weighted by atomic mass is 10.0. The van der Waals surface area contributed by atoms with Crippen molar-refractivity contribution in [2.24, 2.45) is 0 Å². The van der Waals surface area contributed by atoms with Gasteiger partial charge >= 0.3 is 0 Å². The van der Waals surface area contributed by atoms with Crippen molar-refractivity contribution in [1.82, 2.24) is 0 Å². The van der Waals surface area contributed by atoms with E-state index in [4.69, 9.17) is 9.47 Å².